The van der Waals surface area contributed by atoms with E-state index < -0.39 is 5.31 Å². The Labute approximate surface area is 210 Å². The molecule has 0 aliphatic rings. The summed E-state index contributed by atoms with van der Waals surface area (Å²) in [6, 6.07) is 33.6. The number of hydrogen-bond acceptors (Lipinski definition) is 0. The van der Waals surface area contributed by atoms with Crippen LogP contribution in [0.15, 0.2) is 91.0 Å². The van der Waals surface area contributed by atoms with Crippen LogP contribution in [0, 0.1) is 0 Å². The van der Waals surface area contributed by atoms with Gasteiger partial charge in [0.1, 0.15) is 0 Å². The Kier molecular flexibility index (Phi) is 10.7. The molecule has 0 aliphatic heterocycles. The molecule has 0 radical (unpaired) electrons. The van der Waals surface area contributed by atoms with Crippen LogP contribution in [0.25, 0.3) is 0 Å². The number of hydrogen-bond donors (Lipinski definition) is 0. The molecule has 0 heterocycles. The van der Waals surface area contributed by atoms with E-state index in [-0.39, 0.29) is 0 Å². The van der Waals surface area contributed by atoms with Gasteiger partial charge in [-0.1, -0.05) is 6.92 Å². The van der Waals surface area contributed by atoms with Crippen LogP contribution in [0.3, 0.4) is 0 Å². The third-order valence-electron chi connectivity index (χ3n) is 7.07. The molecule has 0 spiro atoms. The van der Waals surface area contributed by atoms with E-state index in [0.29, 0.717) is 0 Å². The quantitative estimate of drug-likeness (QED) is 0.137. The molecule has 0 saturated carbocycles. The van der Waals surface area contributed by atoms with Crippen molar-refractivity contribution in [2.24, 2.45) is 0 Å². The van der Waals surface area contributed by atoms with Crippen LogP contribution in [-0.4, -0.2) is 6.16 Å². The number of benzene rings is 3. The predicted octanol–water partition coefficient (Wildman–Crippen LogP) is 9.14. The molecule has 0 nitrogen and oxygen atoms in total. The van der Waals surface area contributed by atoms with Crippen LogP contribution < -0.4 is 15.9 Å². The van der Waals surface area contributed by atoms with Gasteiger partial charge in [-0.05, 0) is 0 Å². The second-order valence-electron chi connectivity index (χ2n) is 9.45. The van der Waals surface area contributed by atoms with E-state index in [9.17, 15) is 0 Å². The molecule has 0 aliphatic carbocycles. The molecule has 178 valence electrons. The first-order chi connectivity index (χ1) is 16.2. The standard InChI is InChI=1S/C31H42BrP/c1-2-3-4-5-6-7-8-9-10-11-21-28-33(32,29-22-15-12-16-23-29,30-24-17-13-18-25-30)31-26-19-14-20-27-31/h12-20,22-27H,2-11,21,28H2,1H3. The molecule has 3 rings (SSSR count). The zero-order valence-electron chi connectivity index (χ0n) is 20.5. The molecule has 3 aromatic carbocycles. The first kappa shape index (κ1) is 26.2. The van der Waals surface area contributed by atoms with Crippen LogP contribution in [-0.2, 0) is 0 Å². The fraction of sp³-hybridized carbons (Fsp3) is 0.419. The van der Waals surface area contributed by atoms with E-state index in [1.54, 1.807) is 0 Å². The fourth-order valence-electron chi connectivity index (χ4n) is 5.12. The van der Waals surface area contributed by atoms with Crippen LogP contribution in [0.2, 0.25) is 0 Å². The third kappa shape index (κ3) is 6.58. The average molecular weight is 526 g/mol. The van der Waals surface area contributed by atoms with Crippen molar-refractivity contribution in [3.05, 3.63) is 91.0 Å². The van der Waals surface area contributed by atoms with Gasteiger partial charge in [-0.2, -0.15) is 0 Å². The van der Waals surface area contributed by atoms with Crippen molar-refractivity contribution in [2.45, 2.75) is 77.6 Å². The summed E-state index contributed by atoms with van der Waals surface area (Å²) in [5, 5.41) is 1.60. The number of rotatable bonds is 15. The maximum atomic E-state index is 4.57. The van der Waals surface area contributed by atoms with Gasteiger partial charge in [0.05, 0.1) is 0 Å². The van der Waals surface area contributed by atoms with Crippen molar-refractivity contribution >= 4 is 36.7 Å². The number of unbranched alkanes of at least 4 members (excludes halogenated alkanes) is 10. The number of halogens is 1. The first-order valence-corrected chi connectivity index (χ1v) is 17.5. The molecule has 0 saturated heterocycles. The van der Waals surface area contributed by atoms with Crippen molar-refractivity contribution in [3.8, 4) is 0 Å². The average Bonchev–Trinajstić information content (AvgIpc) is 2.89. The van der Waals surface area contributed by atoms with E-state index in [1.807, 2.05) is 0 Å². The van der Waals surface area contributed by atoms with Gasteiger partial charge < -0.3 is 0 Å². The summed E-state index contributed by atoms with van der Waals surface area (Å²) in [6.07, 6.45) is 16.3. The summed E-state index contributed by atoms with van der Waals surface area (Å²) in [7, 11) is 0. The second-order valence-corrected chi connectivity index (χ2v) is 18.5. The van der Waals surface area contributed by atoms with Crippen molar-refractivity contribution in [1.29, 1.82) is 0 Å². The third-order valence-corrected chi connectivity index (χ3v) is 17.1. The summed E-state index contributed by atoms with van der Waals surface area (Å²) < 4.78 is 0. The van der Waals surface area contributed by atoms with Crippen molar-refractivity contribution < 1.29 is 0 Å². The minimum absolute atomic E-state index is 1.17. The van der Waals surface area contributed by atoms with Crippen molar-refractivity contribution in [3.63, 3.8) is 0 Å². The van der Waals surface area contributed by atoms with E-state index >= 15 is 0 Å². The Morgan fingerprint density at radius 3 is 1.09 bits per heavy atom. The molecule has 2 heteroatoms. The summed E-state index contributed by atoms with van der Waals surface area (Å²) >= 11 is 4.57. The maximum absolute atomic E-state index is 4.57. The zero-order chi connectivity index (χ0) is 23.3. The Morgan fingerprint density at radius 2 is 0.758 bits per heavy atom. The van der Waals surface area contributed by atoms with E-state index in [0.717, 1.165) is 0 Å². The van der Waals surface area contributed by atoms with Gasteiger partial charge in [0.25, 0.3) is 0 Å². The van der Waals surface area contributed by atoms with Gasteiger partial charge in [0, 0.05) is 0 Å². The van der Waals surface area contributed by atoms with Crippen LogP contribution in [0.4, 0.5) is 0 Å². The Balaban J connectivity index is 1.72. The van der Waals surface area contributed by atoms with Gasteiger partial charge >= 0.3 is 204 Å². The van der Waals surface area contributed by atoms with E-state index in [1.165, 1.54) is 92.7 Å². The summed E-state index contributed by atoms with van der Waals surface area (Å²) in [6.45, 7) is 2.29. The molecule has 0 N–H and O–H groups in total. The summed E-state index contributed by atoms with van der Waals surface area (Å²) in [5.41, 5.74) is 0. The first-order valence-electron chi connectivity index (χ1n) is 13.1. The van der Waals surface area contributed by atoms with Gasteiger partial charge in [-0.15, -0.1) is 0 Å². The molecular formula is C31H42BrP. The molecule has 0 amide bonds. The van der Waals surface area contributed by atoms with Crippen LogP contribution in [0.5, 0.6) is 0 Å². The van der Waals surface area contributed by atoms with Gasteiger partial charge in [0.2, 0.25) is 0 Å². The fourth-order valence-corrected chi connectivity index (χ4v) is 12.9. The normalized spacial score (nSPS) is 12.8. The monoisotopic (exact) mass is 524 g/mol. The van der Waals surface area contributed by atoms with Gasteiger partial charge in [0.15, 0.2) is 0 Å². The summed E-state index contributed by atoms with van der Waals surface area (Å²) in [4.78, 5) is 0. The molecule has 0 fully saturated rings. The molecule has 0 bridgehead atoms. The molecule has 0 unspecified atom stereocenters. The SMILES string of the molecule is CCCCCCCCCCCCCP(Br)(c1ccccc1)(c1ccccc1)c1ccccc1. The molecule has 0 aromatic heterocycles. The second kappa shape index (κ2) is 13.5. The molecular weight excluding hydrogens is 483 g/mol. The van der Waals surface area contributed by atoms with Crippen LogP contribution >= 0.6 is 20.8 Å². The minimum atomic E-state index is -2.72. The Morgan fingerprint density at radius 1 is 0.455 bits per heavy atom. The zero-order valence-corrected chi connectivity index (χ0v) is 23.0. The van der Waals surface area contributed by atoms with Crippen molar-refractivity contribution in [1.82, 2.24) is 0 Å². The van der Waals surface area contributed by atoms with Gasteiger partial charge in [-0.3, -0.25) is 0 Å². The topological polar surface area (TPSA) is 0 Å². The predicted molar refractivity (Wildman–Crippen MR) is 155 cm³/mol. The molecule has 33 heavy (non-hydrogen) atoms. The van der Waals surface area contributed by atoms with Crippen molar-refractivity contribution in [2.75, 3.05) is 6.16 Å². The molecule has 0 atom stereocenters. The summed E-state index contributed by atoms with van der Waals surface area (Å²) in [5.74, 6) is 0. The van der Waals surface area contributed by atoms with Crippen LogP contribution in [0.1, 0.15) is 77.6 Å². The Bertz CT molecular complexity index is 808. The molecule has 3 aromatic rings. The van der Waals surface area contributed by atoms with E-state index in [4.69, 9.17) is 0 Å². The van der Waals surface area contributed by atoms with Gasteiger partial charge in [-0.25, -0.2) is 0 Å². The Hall–Kier alpha value is -1.43. The van der Waals surface area contributed by atoms with E-state index in [2.05, 4.69) is 113 Å².